The van der Waals surface area contributed by atoms with Gasteiger partial charge < -0.3 is 0 Å². The molecule has 0 radical (unpaired) electrons. The van der Waals surface area contributed by atoms with Gasteiger partial charge >= 0.3 is 0 Å². The van der Waals surface area contributed by atoms with E-state index < -0.39 is 0 Å². The molecule has 0 atom stereocenters. The van der Waals surface area contributed by atoms with Gasteiger partial charge in [-0.05, 0) is 12.1 Å². The maximum absolute atomic E-state index is 3.78. The lowest BCUT2D eigenvalue weighted by molar-refractivity contribution is 0.504. The van der Waals surface area contributed by atoms with Crippen LogP contribution in [0.25, 0.3) is 0 Å². The number of hydrogen-bond donors (Lipinski definition) is 0. The fourth-order valence-electron chi connectivity index (χ4n) is 0.563. The van der Waals surface area contributed by atoms with Gasteiger partial charge in [-0.3, -0.25) is 4.98 Å². The summed E-state index contributed by atoms with van der Waals surface area (Å²) in [6, 6.07) is 5.72. The Hall–Kier alpha value is -0.560. The Kier molecular flexibility index (Phi) is 7.16. The molecule has 62 valence electrons. The van der Waals surface area contributed by atoms with Crippen molar-refractivity contribution in [3.63, 3.8) is 0 Å². The van der Waals surface area contributed by atoms with E-state index in [0.717, 1.165) is 0 Å². The minimum atomic E-state index is 0. The quantitative estimate of drug-likeness (QED) is 0.585. The molecule has 0 spiro atoms. The molecule has 0 amide bonds. The minimum Gasteiger partial charge on any atom is -0.265 e. The molecule has 1 heterocycles. The number of nitrogens with zero attached hydrogens (tertiary/aromatic N) is 1. The Balaban J connectivity index is 0.000000177. The predicted molar refractivity (Wildman–Crippen MR) is 50.0 cm³/mol. The second kappa shape index (κ2) is 7.55. The van der Waals surface area contributed by atoms with Crippen molar-refractivity contribution in [3.05, 3.63) is 30.6 Å². The van der Waals surface area contributed by atoms with Crippen molar-refractivity contribution in [1.29, 1.82) is 0 Å². The van der Waals surface area contributed by atoms with Crippen LogP contribution in [0.2, 0.25) is 0 Å². The molecule has 0 aromatic carbocycles. The molecule has 1 aliphatic carbocycles. The van der Waals surface area contributed by atoms with Crippen molar-refractivity contribution in [1.82, 2.24) is 4.98 Å². The molecule has 1 aromatic rings. The summed E-state index contributed by atoms with van der Waals surface area (Å²) in [6.07, 6.45) is 9.50. The van der Waals surface area contributed by atoms with Crippen LogP contribution in [0.15, 0.2) is 30.6 Å². The van der Waals surface area contributed by atoms with E-state index in [2.05, 4.69) is 4.98 Å². The van der Waals surface area contributed by atoms with Crippen molar-refractivity contribution in [2.75, 3.05) is 0 Å². The first-order valence-corrected chi connectivity index (χ1v) is 3.85. The zero-order chi connectivity index (χ0) is 7.07. The van der Waals surface area contributed by atoms with Crippen LogP contribution in [0, 0.1) is 0 Å². The van der Waals surface area contributed by atoms with Gasteiger partial charge in [-0.2, -0.15) is 0 Å². The van der Waals surface area contributed by atoms with E-state index in [-0.39, 0.29) is 12.4 Å². The second-order valence-electron chi connectivity index (χ2n) is 2.44. The van der Waals surface area contributed by atoms with Crippen molar-refractivity contribution < 1.29 is 0 Å². The molecule has 2 heteroatoms. The normalized spacial score (nSPS) is 13.1. The number of rotatable bonds is 0. The highest BCUT2D eigenvalue weighted by Gasteiger charge is 1.95. The summed E-state index contributed by atoms with van der Waals surface area (Å²) in [7, 11) is 0. The SMILES string of the molecule is C1CCC1.Cl.c1ccncc1. The van der Waals surface area contributed by atoms with Gasteiger partial charge in [0, 0.05) is 12.4 Å². The molecule has 1 nitrogen and oxygen atoms in total. The van der Waals surface area contributed by atoms with Crippen LogP contribution in [0.1, 0.15) is 25.7 Å². The molecular formula is C9H14ClN. The first-order chi connectivity index (χ1) is 5.00. The van der Waals surface area contributed by atoms with Crippen molar-refractivity contribution in [3.8, 4) is 0 Å². The first kappa shape index (κ1) is 10.4. The Morgan fingerprint density at radius 2 is 1.18 bits per heavy atom. The molecule has 11 heavy (non-hydrogen) atoms. The van der Waals surface area contributed by atoms with Crippen molar-refractivity contribution in [2.24, 2.45) is 0 Å². The molecule has 0 bridgehead atoms. The Labute approximate surface area is 74.3 Å². The summed E-state index contributed by atoms with van der Waals surface area (Å²) in [5.41, 5.74) is 0. The van der Waals surface area contributed by atoms with E-state index in [0.29, 0.717) is 0 Å². The largest absolute Gasteiger partial charge is 0.265 e. The fourth-order valence-corrected chi connectivity index (χ4v) is 0.563. The van der Waals surface area contributed by atoms with Gasteiger partial charge in [-0.15, -0.1) is 12.4 Å². The average molecular weight is 172 g/mol. The summed E-state index contributed by atoms with van der Waals surface area (Å²) >= 11 is 0. The number of aromatic nitrogens is 1. The minimum absolute atomic E-state index is 0. The molecule has 1 aliphatic rings. The maximum Gasteiger partial charge on any atom is 0.0267 e. The van der Waals surface area contributed by atoms with Crippen LogP contribution in [-0.4, -0.2) is 4.98 Å². The van der Waals surface area contributed by atoms with E-state index >= 15 is 0 Å². The van der Waals surface area contributed by atoms with Crippen LogP contribution in [-0.2, 0) is 0 Å². The summed E-state index contributed by atoms with van der Waals surface area (Å²) in [5.74, 6) is 0. The molecule has 0 aliphatic heterocycles. The summed E-state index contributed by atoms with van der Waals surface area (Å²) < 4.78 is 0. The van der Waals surface area contributed by atoms with Crippen LogP contribution in [0.3, 0.4) is 0 Å². The standard InChI is InChI=1S/C5H5N.C4H8.ClH/c1-2-4-6-5-3-1;1-2-4-3-1;/h1-5H;1-4H2;1H. The molecule has 2 rings (SSSR count). The zero-order valence-corrected chi connectivity index (χ0v) is 7.39. The molecule has 1 aromatic heterocycles. The molecule has 0 unspecified atom stereocenters. The summed E-state index contributed by atoms with van der Waals surface area (Å²) in [6.45, 7) is 0. The maximum atomic E-state index is 3.78. The number of hydrogen-bond acceptors (Lipinski definition) is 1. The second-order valence-corrected chi connectivity index (χ2v) is 2.44. The van der Waals surface area contributed by atoms with Gasteiger partial charge in [0.2, 0.25) is 0 Å². The van der Waals surface area contributed by atoms with Gasteiger partial charge in [-0.1, -0.05) is 31.7 Å². The third-order valence-corrected chi connectivity index (χ3v) is 1.57. The lowest BCUT2D eigenvalue weighted by Gasteiger charge is -2.05. The third kappa shape index (κ3) is 5.86. The van der Waals surface area contributed by atoms with Crippen LogP contribution in [0.4, 0.5) is 0 Å². The van der Waals surface area contributed by atoms with Crippen molar-refractivity contribution in [2.45, 2.75) is 25.7 Å². The highest BCUT2D eigenvalue weighted by molar-refractivity contribution is 5.85. The van der Waals surface area contributed by atoms with Crippen LogP contribution in [0.5, 0.6) is 0 Å². The topological polar surface area (TPSA) is 12.9 Å². The Morgan fingerprint density at radius 3 is 1.27 bits per heavy atom. The first-order valence-electron chi connectivity index (χ1n) is 3.85. The molecule has 0 saturated heterocycles. The fraction of sp³-hybridized carbons (Fsp3) is 0.444. The monoisotopic (exact) mass is 171 g/mol. The molecule has 0 N–H and O–H groups in total. The Bertz CT molecular complexity index is 118. The van der Waals surface area contributed by atoms with Gasteiger partial charge in [0.15, 0.2) is 0 Å². The van der Waals surface area contributed by atoms with E-state index in [4.69, 9.17) is 0 Å². The lowest BCUT2D eigenvalue weighted by atomic mass is 10.0. The van der Waals surface area contributed by atoms with E-state index in [1.54, 1.807) is 12.4 Å². The lowest BCUT2D eigenvalue weighted by Crippen LogP contribution is -1.85. The smallest absolute Gasteiger partial charge is 0.0267 e. The highest BCUT2D eigenvalue weighted by atomic mass is 35.5. The van der Waals surface area contributed by atoms with Crippen molar-refractivity contribution >= 4 is 12.4 Å². The van der Waals surface area contributed by atoms with Gasteiger partial charge in [-0.25, -0.2) is 0 Å². The average Bonchev–Trinajstić information content (AvgIpc) is 1.88. The summed E-state index contributed by atoms with van der Waals surface area (Å²) in [4.78, 5) is 3.78. The van der Waals surface area contributed by atoms with E-state index in [9.17, 15) is 0 Å². The summed E-state index contributed by atoms with van der Waals surface area (Å²) in [5, 5.41) is 0. The van der Waals surface area contributed by atoms with Gasteiger partial charge in [0.25, 0.3) is 0 Å². The van der Waals surface area contributed by atoms with Gasteiger partial charge in [0.1, 0.15) is 0 Å². The van der Waals surface area contributed by atoms with E-state index in [1.807, 2.05) is 18.2 Å². The predicted octanol–water partition coefficient (Wildman–Crippen LogP) is 3.06. The molecular weight excluding hydrogens is 158 g/mol. The van der Waals surface area contributed by atoms with Crippen LogP contribution >= 0.6 is 12.4 Å². The van der Waals surface area contributed by atoms with E-state index in [1.165, 1.54) is 25.7 Å². The third-order valence-electron chi connectivity index (χ3n) is 1.57. The highest BCUT2D eigenvalue weighted by Crippen LogP contribution is 2.15. The Morgan fingerprint density at radius 1 is 0.727 bits per heavy atom. The number of pyridine rings is 1. The molecule has 1 fully saturated rings. The number of halogens is 1. The van der Waals surface area contributed by atoms with Gasteiger partial charge in [0.05, 0.1) is 0 Å². The van der Waals surface area contributed by atoms with Crippen LogP contribution < -0.4 is 0 Å². The molecule has 1 saturated carbocycles. The zero-order valence-electron chi connectivity index (χ0n) is 6.57.